The van der Waals surface area contributed by atoms with Gasteiger partial charge in [-0.15, -0.1) is 0 Å². The fourth-order valence-electron chi connectivity index (χ4n) is 3.61. The number of thioether (sulfide) groups is 1. The average molecular weight is 439 g/mol. The van der Waals surface area contributed by atoms with Gasteiger partial charge in [-0.1, -0.05) is 54.2 Å². The molecule has 1 aliphatic carbocycles. The molecule has 4 nitrogen and oxygen atoms in total. The average Bonchev–Trinajstić information content (AvgIpc) is 3.01. The molecule has 1 unspecified atom stereocenters. The van der Waals surface area contributed by atoms with Crippen LogP contribution in [-0.2, 0) is 11.2 Å². The number of unbranched alkanes of at least 4 members (excludes halogenated alkanes) is 2. The Morgan fingerprint density at radius 3 is 2.61 bits per heavy atom. The van der Waals surface area contributed by atoms with Crippen LogP contribution in [-0.4, -0.2) is 29.6 Å². The molecule has 0 spiro atoms. The molecule has 0 saturated carbocycles. The maximum Gasteiger partial charge on any atom is 0.209 e. The van der Waals surface area contributed by atoms with E-state index < -0.39 is 5.54 Å². The predicted octanol–water partition coefficient (Wildman–Crippen LogP) is 5.05. The summed E-state index contributed by atoms with van der Waals surface area (Å²) in [6.07, 6.45) is 8.72. The van der Waals surface area contributed by atoms with Crippen molar-refractivity contribution >= 4 is 28.5 Å². The molecular formula is C26H34N2O2S. The summed E-state index contributed by atoms with van der Waals surface area (Å²) in [5.74, 6) is 1.68. The lowest BCUT2D eigenvalue weighted by atomic mass is 10.0. The van der Waals surface area contributed by atoms with E-state index in [-0.39, 0.29) is 11.7 Å². The van der Waals surface area contributed by atoms with Crippen LogP contribution >= 0.6 is 11.8 Å². The zero-order valence-corrected chi connectivity index (χ0v) is 19.3. The number of hydrogen-bond donors (Lipinski definition) is 2. The quantitative estimate of drug-likeness (QED) is 0.508. The van der Waals surface area contributed by atoms with E-state index >= 15 is 0 Å². The van der Waals surface area contributed by atoms with Crippen LogP contribution in [0.1, 0.15) is 55.7 Å². The van der Waals surface area contributed by atoms with E-state index in [9.17, 15) is 4.79 Å². The van der Waals surface area contributed by atoms with Gasteiger partial charge in [0.15, 0.2) is 0 Å². The molecule has 0 saturated heterocycles. The summed E-state index contributed by atoms with van der Waals surface area (Å²) in [7, 11) is 0. The summed E-state index contributed by atoms with van der Waals surface area (Å²) in [4.78, 5) is 11.9. The van der Waals surface area contributed by atoms with Crippen molar-refractivity contribution in [2.45, 2.75) is 51.0 Å². The normalized spacial score (nSPS) is 15.4. The molecule has 1 atom stereocenters. The molecule has 166 valence electrons. The molecule has 0 fully saturated rings. The number of carbonyl (C=O) groups is 1. The summed E-state index contributed by atoms with van der Waals surface area (Å²) in [6.45, 7) is 2.55. The standard InChI is InChI=1S/C26H34N2O2S/c1-26(28,19-27)25(29)31-17-6-2-5-16-30-24-14-12-21(13-15-24)23-11-7-10-20-8-3-4-9-22(20)18-23/h3-4,8-9,12-15,18H,2,5-7,10-11,16-17,19,27-28H2,1H3. The number of ether oxygens (including phenoxy) is 1. The molecule has 2 aromatic rings. The molecule has 0 aliphatic heterocycles. The summed E-state index contributed by atoms with van der Waals surface area (Å²) >= 11 is 1.28. The number of rotatable bonds is 10. The Kier molecular flexibility index (Phi) is 8.76. The van der Waals surface area contributed by atoms with Crippen molar-refractivity contribution in [3.8, 4) is 5.75 Å². The van der Waals surface area contributed by atoms with Crippen LogP contribution in [0.2, 0.25) is 0 Å². The largest absolute Gasteiger partial charge is 0.494 e. The lowest BCUT2D eigenvalue weighted by molar-refractivity contribution is -0.114. The molecule has 5 heteroatoms. The van der Waals surface area contributed by atoms with Gasteiger partial charge in [0.1, 0.15) is 5.75 Å². The number of benzene rings is 2. The minimum atomic E-state index is -0.921. The summed E-state index contributed by atoms with van der Waals surface area (Å²) < 4.78 is 5.90. The van der Waals surface area contributed by atoms with Crippen molar-refractivity contribution in [3.63, 3.8) is 0 Å². The fourth-order valence-corrected chi connectivity index (χ4v) is 4.56. The van der Waals surface area contributed by atoms with Crippen LogP contribution in [0.3, 0.4) is 0 Å². The molecule has 0 radical (unpaired) electrons. The zero-order valence-electron chi connectivity index (χ0n) is 18.4. The second kappa shape index (κ2) is 11.5. The van der Waals surface area contributed by atoms with Gasteiger partial charge in [-0.2, -0.15) is 0 Å². The van der Waals surface area contributed by atoms with Gasteiger partial charge in [0.05, 0.1) is 12.1 Å². The van der Waals surface area contributed by atoms with Crippen LogP contribution in [0, 0.1) is 0 Å². The summed E-state index contributed by atoms with van der Waals surface area (Å²) in [6, 6.07) is 17.1. The number of carbonyl (C=O) groups excluding carboxylic acids is 1. The smallest absolute Gasteiger partial charge is 0.209 e. The molecule has 3 rings (SSSR count). The van der Waals surface area contributed by atoms with Crippen molar-refractivity contribution in [1.29, 1.82) is 0 Å². The molecule has 0 aromatic heterocycles. The highest BCUT2D eigenvalue weighted by atomic mass is 32.2. The van der Waals surface area contributed by atoms with Gasteiger partial charge in [0, 0.05) is 12.3 Å². The molecule has 4 N–H and O–H groups in total. The number of allylic oxidation sites excluding steroid dienone is 1. The van der Waals surface area contributed by atoms with Gasteiger partial charge in [-0.3, -0.25) is 4.79 Å². The highest BCUT2D eigenvalue weighted by molar-refractivity contribution is 8.13. The Bertz CT molecular complexity index is 891. The predicted molar refractivity (Wildman–Crippen MR) is 132 cm³/mol. The van der Waals surface area contributed by atoms with Crippen molar-refractivity contribution in [3.05, 3.63) is 65.2 Å². The third-order valence-electron chi connectivity index (χ3n) is 5.68. The molecule has 31 heavy (non-hydrogen) atoms. The van der Waals surface area contributed by atoms with Gasteiger partial charge in [0.2, 0.25) is 5.12 Å². The Morgan fingerprint density at radius 1 is 1.06 bits per heavy atom. The molecule has 0 heterocycles. The number of nitrogens with two attached hydrogens (primary N) is 2. The molecule has 1 aliphatic rings. The number of hydrogen-bond acceptors (Lipinski definition) is 5. The fraction of sp³-hybridized carbons (Fsp3) is 0.423. The van der Waals surface area contributed by atoms with E-state index in [1.807, 2.05) is 0 Å². The maximum absolute atomic E-state index is 11.9. The van der Waals surface area contributed by atoms with E-state index in [4.69, 9.17) is 16.2 Å². The Labute approximate surface area is 190 Å². The van der Waals surface area contributed by atoms with Gasteiger partial charge < -0.3 is 16.2 Å². The van der Waals surface area contributed by atoms with Gasteiger partial charge in [0.25, 0.3) is 0 Å². The van der Waals surface area contributed by atoms with Crippen LogP contribution in [0.4, 0.5) is 0 Å². The summed E-state index contributed by atoms with van der Waals surface area (Å²) in [5, 5.41) is -0.0291. The monoisotopic (exact) mass is 438 g/mol. The Morgan fingerprint density at radius 2 is 1.84 bits per heavy atom. The maximum atomic E-state index is 11.9. The van der Waals surface area contributed by atoms with Crippen LogP contribution in [0.5, 0.6) is 5.75 Å². The van der Waals surface area contributed by atoms with E-state index in [0.29, 0.717) is 6.61 Å². The van der Waals surface area contributed by atoms with Crippen LogP contribution in [0.25, 0.3) is 11.6 Å². The lowest BCUT2D eigenvalue weighted by Crippen LogP contribution is -2.50. The van der Waals surface area contributed by atoms with Crippen LogP contribution in [0.15, 0.2) is 48.5 Å². The third-order valence-corrected chi connectivity index (χ3v) is 6.90. The second-order valence-corrected chi connectivity index (χ2v) is 9.48. The highest BCUT2D eigenvalue weighted by Gasteiger charge is 2.26. The first-order chi connectivity index (χ1) is 15.0. The minimum absolute atomic E-state index is 0.0291. The van der Waals surface area contributed by atoms with Crippen molar-refractivity contribution < 1.29 is 9.53 Å². The lowest BCUT2D eigenvalue weighted by Gasteiger charge is -2.19. The van der Waals surface area contributed by atoms with E-state index in [1.54, 1.807) is 6.92 Å². The molecule has 2 aromatic carbocycles. The Hall–Kier alpha value is -2.08. The topological polar surface area (TPSA) is 78.3 Å². The van der Waals surface area contributed by atoms with Crippen molar-refractivity contribution in [2.24, 2.45) is 11.5 Å². The second-order valence-electron chi connectivity index (χ2n) is 8.41. The first-order valence-electron chi connectivity index (χ1n) is 11.2. The SMILES string of the molecule is CC(N)(CN)C(=O)SCCCCCOc1ccc(C2=Cc3ccccc3CCC2)cc1. The van der Waals surface area contributed by atoms with Crippen LogP contribution < -0.4 is 16.2 Å². The minimum Gasteiger partial charge on any atom is -0.494 e. The van der Waals surface area contributed by atoms with E-state index in [0.717, 1.165) is 43.6 Å². The zero-order chi connectivity index (χ0) is 22.1. The third kappa shape index (κ3) is 6.96. The first-order valence-corrected chi connectivity index (χ1v) is 12.2. The van der Waals surface area contributed by atoms with Gasteiger partial charge in [-0.05, 0) is 79.8 Å². The first kappa shape index (κ1) is 23.6. The van der Waals surface area contributed by atoms with E-state index in [1.165, 1.54) is 40.4 Å². The Balaban J connectivity index is 1.40. The molecule has 0 bridgehead atoms. The van der Waals surface area contributed by atoms with Crippen molar-refractivity contribution in [1.82, 2.24) is 0 Å². The number of aryl methyl sites for hydroxylation is 1. The van der Waals surface area contributed by atoms with Crippen molar-refractivity contribution in [2.75, 3.05) is 18.9 Å². The summed E-state index contributed by atoms with van der Waals surface area (Å²) in [5.41, 5.74) is 15.9. The molecular weight excluding hydrogens is 404 g/mol. The molecule has 0 amide bonds. The number of fused-ring (bicyclic) bond motifs is 1. The van der Waals surface area contributed by atoms with Gasteiger partial charge >= 0.3 is 0 Å². The van der Waals surface area contributed by atoms with Gasteiger partial charge in [-0.25, -0.2) is 0 Å². The van der Waals surface area contributed by atoms with E-state index in [2.05, 4.69) is 54.6 Å². The highest BCUT2D eigenvalue weighted by Crippen LogP contribution is 2.30.